The van der Waals surface area contributed by atoms with Crippen LogP contribution in [0, 0.1) is 0 Å². The quantitative estimate of drug-likeness (QED) is 0.845. The molecule has 1 saturated heterocycles. The molecule has 2 unspecified atom stereocenters. The van der Waals surface area contributed by atoms with Crippen molar-refractivity contribution in [2.24, 2.45) is 5.73 Å². The highest BCUT2D eigenvalue weighted by molar-refractivity contribution is 5.98. The molecule has 1 aliphatic heterocycles. The number of amides is 1. The maximum Gasteiger partial charge on any atom is 0.254 e. The molecule has 2 heterocycles. The number of aromatic nitrogens is 1. The van der Waals surface area contributed by atoms with Gasteiger partial charge in [0, 0.05) is 35.8 Å². The van der Waals surface area contributed by atoms with Crippen molar-refractivity contribution in [3.05, 3.63) is 42.1 Å². The molecule has 19 heavy (non-hydrogen) atoms. The van der Waals surface area contributed by atoms with Crippen LogP contribution in [0.25, 0.3) is 10.9 Å². The molecule has 0 aliphatic carbocycles. The van der Waals surface area contributed by atoms with Gasteiger partial charge in [-0.05, 0) is 37.6 Å². The van der Waals surface area contributed by atoms with Crippen molar-refractivity contribution >= 4 is 16.8 Å². The Balaban J connectivity index is 1.93. The number of fused-ring (bicyclic) bond motifs is 1. The Morgan fingerprint density at radius 2 is 2.26 bits per heavy atom. The number of hydrogen-bond acceptors (Lipinski definition) is 3. The van der Waals surface area contributed by atoms with Crippen LogP contribution in [0.15, 0.2) is 36.5 Å². The Labute approximate surface area is 112 Å². The topological polar surface area (TPSA) is 59.2 Å². The summed E-state index contributed by atoms with van der Waals surface area (Å²) in [6.45, 7) is 2.75. The van der Waals surface area contributed by atoms with Gasteiger partial charge in [-0.1, -0.05) is 6.07 Å². The summed E-state index contributed by atoms with van der Waals surface area (Å²) in [5.74, 6) is 0.0613. The van der Waals surface area contributed by atoms with E-state index in [0.29, 0.717) is 5.56 Å². The smallest absolute Gasteiger partial charge is 0.254 e. The number of benzene rings is 1. The van der Waals surface area contributed by atoms with Gasteiger partial charge in [-0.25, -0.2) is 0 Å². The third-order valence-corrected chi connectivity index (χ3v) is 3.93. The Hall–Kier alpha value is -1.94. The van der Waals surface area contributed by atoms with Gasteiger partial charge in [-0.15, -0.1) is 0 Å². The highest BCUT2D eigenvalue weighted by atomic mass is 16.2. The van der Waals surface area contributed by atoms with Gasteiger partial charge >= 0.3 is 0 Å². The lowest BCUT2D eigenvalue weighted by Gasteiger charge is -2.23. The predicted octanol–water partition coefficient (Wildman–Crippen LogP) is 1.80. The van der Waals surface area contributed by atoms with E-state index in [-0.39, 0.29) is 18.0 Å². The van der Waals surface area contributed by atoms with Crippen molar-refractivity contribution in [3.63, 3.8) is 0 Å². The molecule has 0 radical (unpaired) electrons. The molecule has 2 N–H and O–H groups in total. The molecule has 1 fully saturated rings. The highest BCUT2D eigenvalue weighted by Crippen LogP contribution is 2.21. The molecule has 1 aromatic carbocycles. The summed E-state index contributed by atoms with van der Waals surface area (Å²) in [7, 11) is 0. The second-order valence-corrected chi connectivity index (χ2v) is 5.10. The zero-order valence-corrected chi connectivity index (χ0v) is 10.9. The SMILES string of the molecule is CC1C(N)CCN1C(=O)c1ccc2ncccc2c1. The number of carbonyl (C=O) groups excluding carboxylic acids is 1. The van der Waals surface area contributed by atoms with Crippen molar-refractivity contribution in [1.29, 1.82) is 0 Å². The van der Waals surface area contributed by atoms with E-state index in [1.54, 1.807) is 6.20 Å². The van der Waals surface area contributed by atoms with Crippen LogP contribution in [-0.2, 0) is 0 Å². The zero-order chi connectivity index (χ0) is 13.4. The lowest BCUT2D eigenvalue weighted by Crippen LogP contribution is -2.40. The summed E-state index contributed by atoms with van der Waals surface area (Å²) in [6, 6.07) is 9.69. The molecule has 4 heteroatoms. The molecular weight excluding hydrogens is 238 g/mol. The third-order valence-electron chi connectivity index (χ3n) is 3.93. The van der Waals surface area contributed by atoms with E-state index in [4.69, 9.17) is 5.73 Å². The molecule has 3 rings (SSSR count). The van der Waals surface area contributed by atoms with Crippen LogP contribution in [0.3, 0.4) is 0 Å². The summed E-state index contributed by atoms with van der Waals surface area (Å²) in [5.41, 5.74) is 7.59. The van der Waals surface area contributed by atoms with Crippen LogP contribution >= 0.6 is 0 Å². The molecule has 0 bridgehead atoms. The summed E-state index contributed by atoms with van der Waals surface area (Å²) < 4.78 is 0. The molecule has 4 nitrogen and oxygen atoms in total. The van der Waals surface area contributed by atoms with Crippen LogP contribution < -0.4 is 5.73 Å². The van der Waals surface area contributed by atoms with E-state index in [2.05, 4.69) is 4.98 Å². The summed E-state index contributed by atoms with van der Waals surface area (Å²) in [6.07, 6.45) is 2.63. The summed E-state index contributed by atoms with van der Waals surface area (Å²) in [4.78, 5) is 18.6. The number of hydrogen-bond donors (Lipinski definition) is 1. The maximum absolute atomic E-state index is 12.5. The van der Waals surface area contributed by atoms with Crippen LogP contribution in [-0.4, -0.2) is 34.4 Å². The molecule has 1 amide bonds. The molecule has 2 atom stereocenters. The van der Waals surface area contributed by atoms with E-state index in [9.17, 15) is 4.79 Å². The second-order valence-electron chi connectivity index (χ2n) is 5.10. The van der Waals surface area contributed by atoms with Gasteiger partial charge in [0.25, 0.3) is 5.91 Å². The molecule has 0 saturated carbocycles. The van der Waals surface area contributed by atoms with Gasteiger partial charge in [0.1, 0.15) is 0 Å². The number of carbonyl (C=O) groups is 1. The first kappa shape index (κ1) is 12.1. The van der Waals surface area contributed by atoms with E-state index in [1.807, 2.05) is 42.2 Å². The number of nitrogens with zero attached hydrogens (tertiary/aromatic N) is 2. The largest absolute Gasteiger partial charge is 0.334 e. The maximum atomic E-state index is 12.5. The van der Waals surface area contributed by atoms with E-state index in [1.165, 1.54) is 0 Å². The third kappa shape index (κ3) is 2.08. The first-order valence-corrected chi connectivity index (χ1v) is 6.58. The minimum Gasteiger partial charge on any atom is -0.334 e. The summed E-state index contributed by atoms with van der Waals surface area (Å²) in [5, 5.41) is 0.990. The predicted molar refractivity (Wildman–Crippen MR) is 74.8 cm³/mol. The zero-order valence-electron chi connectivity index (χ0n) is 10.9. The number of likely N-dealkylation sites (tertiary alicyclic amines) is 1. The summed E-state index contributed by atoms with van der Waals surface area (Å²) >= 11 is 0. The Kier molecular flexibility index (Phi) is 2.95. The monoisotopic (exact) mass is 255 g/mol. The fraction of sp³-hybridized carbons (Fsp3) is 0.333. The lowest BCUT2D eigenvalue weighted by molar-refractivity contribution is 0.0742. The van der Waals surface area contributed by atoms with Crippen molar-refractivity contribution < 1.29 is 4.79 Å². The van der Waals surface area contributed by atoms with E-state index in [0.717, 1.165) is 23.9 Å². The van der Waals surface area contributed by atoms with Gasteiger partial charge in [0.15, 0.2) is 0 Å². The Morgan fingerprint density at radius 1 is 1.42 bits per heavy atom. The number of pyridine rings is 1. The highest BCUT2D eigenvalue weighted by Gasteiger charge is 2.31. The number of rotatable bonds is 1. The first-order valence-electron chi connectivity index (χ1n) is 6.58. The van der Waals surface area contributed by atoms with Crippen molar-refractivity contribution in [2.45, 2.75) is 25.4 Å². The van der Waals surface area contributed by atoms with Gasteiger partial charge < -0.3 is 10.6 Å². The normalized spacial score (nSPS) is 22.9. The van der Waals surface area contributed by atoms with Gasteiger partial charge in [-0.2, -0.15) is 0 Å². The van der Waals surface area contributed by atoms with Crippen LogP contribution in [0.5, 0.6) is 0 Å². The van der Waals surface area contributed by atoms with Gasteiger partial charge in [0.05, 0.1) is 5.52 Å². The number of nitrogens with two attached hydrogens (primary N) is 1. The standard InChI is InChI=1S/C15H17N3O/c1-10-13(16)6-8-18(10)15(19)12-4-5-14-11(9-12)3-2-7-17-14/h2-5,7,9-10,13H,6,8,16H2,1H3. The average Bonchev–Trinajstić information content (AvgIpc) is 2.78. The lowest BCUT2D eigenvalue weighted by atomic mass is 10.1. The van der Waals surface area contributed by atoms with Crippen molar-refractivity contribution in [3.8, 4) is 0 Å². The average molecular weight is 255 g/mol. The minimum atomic E-state index is 0.0613. The van der Waals surface area contributed by atoms with E-state index >= 15 is 0 Å². The van der Waals surface area contributed by atoms with Crippen LogP contribution in [0.2, 0.25) is 0 Å². The van der Waals surface area contributed by atoms with Crippen molar-refractivity contribution in [2.75, 3.05) is 6.54 Å². The van der Waals surface area contributed by atoms with Gasteiger partial charge in [-0.3, -0.25) is 9.78 Å². The fourth-order valence-corrected chi connectivity index (χ4v) is 2.63. The van der Waals surface area contributed by atoms with Gasteiger partial charge in [0.2, 0.25) is 0 Å². The Bertz CT molecular complexity index is 626. The van der Waals surface area contributed by atoms with Crippen LogP contribution in [0.4, 0.5) is 0 Å². The van der Waals surface area contributed by atoms with Crippen molar-refractivity contribution in [1.82, 2.24) is 9.88 Å². The molecule has 1 aliphatic rings. The van der Waals surface area contributed by atoms with E-state index < -0.39 is 0 Å². The fourth-order valence-electron chi connectivity index (χ4n) is 2.63. The molecule has 2 aromatic rings. The molecule has 0 spiro atoms. The molecular formula is C15H17N3O. The molecule has 98 valence electrons. The second kappa shape index (κ2) is 4.63. The molecule has 1 aromatic heterocycles. The Morgan fingerprint density at radius 3 is 3.00 bits per heavy atom. The first-order chi connectivity index (χ1) is 9.16. The minimum absolute atomic E-state index is 0.0613. The van der Waals surface area contributed by atoms with Crippen LogP contribution in [0.1, 0.15) is 23.7 Å².